The van der Waals surface area contributed by atoms with Crippen molar-refractivity contribution in [1.82, 2.24) is 4.90 Å². The van der Waals surface area contributed by atoms with Crippen LogP contribution in [0.5, 0.6) is 0 Å². The molecule has 5 atom stereocenters. The lowest BCUT2D eigenvalue weighted by atomic mass is 9.70. The van der Waals surface area contributed by atoms with Gasteiger partial charge in [0, 0.05) is 37.3 Å². The summed E-state index contributed by atoms with van der Waals surface area (Å²) in [7, 11) is 0. The molecule has 4 heteroatoms. The Kier molecular flexibility index (Phi) is 2.68. The second kappa shape index (κ2) is 4.19. The van der Waals surface area contributed by atoms with E-state index < -0.39 is 0 Å². The van der Waals surface area contributed by atoms with E-state index >= 15 is 0 Å². The maximum absolute atomic E-state index is 13.1. The third-order valence-corrected chi connectivity index (χ3v) is 6.17. The van der Waals surface area contributed by atoms with Crippen LogP contribution in [0.2, 0.25) is 0 Å². The molecule has 19 heavy (non-hydrogen) atoms. The van der Waals surface area contributed by atoms with Gasteiger partial charge >= 0.3 is 0 Å². The van der Waals surface area contributed by atoms with Crippen molar-refractivity contribution in [2.45, 2.75) is 57.0 Å². The molecule has 106 valence electrons. The second-order valence-electron chi connectivity index (χ2n) is 7.18. The third kappa shape index (κ3) is 1.76. The first-order valence-electron chi connectivity index (χ1n) is 8.05. The van der Waals surface area contributed by atoms with Gasteiger partial charge in [-0.3, -0.25) is 4.79 Å². The van der Waals surface area contributed by atoms with Crippen molar-refractivity contribution in [2.75, 3.05) is 19.6 Å². The predicted molar refractivity (Wildman–Crippen MR) is 71.9 cm³/mol. The Labute approximate surface area is 114 Å². The molecule has 0 saturated carbocycles. The minimum atomic E-state index is 0.0772. The molecule has 0 N–H and O–H groups in total. The standard InChI is InChI=1S/C15H24N2O2/c18-15-6-3-4-13-12-8-11(9-16(13)15)14-5-1-2-7-17(14,19)10-12/h11-14H,1-10H2/t11-,12+,13+,14-,17+/m1/s1. The van der Waals surface area contributed by atoms with Gasteiger partial charge in [-0.05, 0) is 32.1 Å². The highest BCUT2D eigenvalue weighted by Gasteiger charge is 2.52. The molecule has 4 saturated heterocycles. The van der Waals surface area contributed by atoms with Gasteiger partial charge in [0.05, 0.1) is 19.1 Å². The lowest BCUT2D eigenvalue weighted by Gasteiger charge is -2.63. The average Bonchev–Trinajstić information content (AvgIpc) is 2.39. The number of quaternary nitrogens is 1. The van der Waals surface area contributed by atoms with E-state index in [0.29, 0.717) is 29.8 Å². The van der Waals surface area contributed by atoms with Crippen molar-refractivity contribution in [3.05, 3.63) is 5.21 Å². The molecular formula is C15H24N2O2. The zero-order valence-electron chi connectivity index (χ0n) is 11.6. The van der Waals surface area contributed by atoms with Crippen LogP contribution in [0.4, 0.5) is 0 Å². The number of hydrogen-bond donors (Lipinski definition) is 0. The molecule has 4 aliphatic heterocycles. The Hall–Kier alpha value is -0.610. The van der Waals surface area contributed by atoms with Crippen molar-refractivity contribution in [2.24, 2.45) is 11.8 Å². The molecule has 0 aromatic rings. The molecule has 0 aromatic heterocycles. The van der Waals surface area contributed by atoms with Crippen molar-refractivity contribution < 1.29 is 9.44 Å². The summed E-state index contributed by atoms with van der Waals surface area (Å²) in [5.74, 6) is 1.32. The summed E-state index contributed by atoms with van der Waals surface area (Å²) in [6.45, 7) is 2.50. The van der Waals surface area contributed by atoms with E-state index in [1.54, 1.807) is 0 Å². The maximum Gasteiger partial charge on any atom is 0.222 e. The Balaban J connectivity index is 1.64. The second-order valence-corrected chi connectivity index (χ2v) is 7.18. The van der Waals surface area contributed by atoms with Crippen LogP contribution in [-0.2, 0) is 4.79 Å². The summed E-state index contributed by atoms with van der Waals surface area (Å²) in [6, 6.07) is 0.685. The lowest BCUT2D eigenvalue weighted by Crippen LogP contribution is -2.69. The molecule has 0 unspecified atom stereocenters. The van der Waals surface area contributed by atoms with Gasteiger partial charge in [0.2, 0.25) is 5.91 Å². The van der Waals surface area contributed by atoms with E-state index in [0.717, 1.165) is 51.7 Å². The van der Waals surface area contributed by atoms with Crippen LogP contribution in [0.15, 0.2) is 0 Å². The van der Waals surface area contributed by atoms with Crippen molar-refractivity contribution in [3.63, 3.8) is 0 Å². The van der Waals surface area contributed by atoms with Gasteiger partial charge in [0.1, 0.15) is 0 Å². The van der Waals surface area contributed by atoms with Crippen LogP contribution in [0, 0.1) is 17.0 Å². The monoisotopic (exact) mass is 264 g/mol. The highest BCUT2D eigenvalue weighted by molar-refractivity contribution is 5.77. The number of carbonyl (C=O) groups is 1. The first-order valence-corrected chi connectivity index (χ1v) is 8.05. The molecule has 4 nitrogen and oxygen atoms in total. The molecule has 2 bridgehead atoms. The van der Waals surface area contributed by atoms with Crippen LogP contribution in [-0.4, -0.2) is 47.2 Å². The molecule has 4 fully saturated rings. The molecule has 0 aromatic carbocycles. The molecule has 0 radical (unpaired) electrons. The molecule has 0 aliphatic carbocycles. The van der Waals surface area contributed by atoms with Gasteiger partial charge in [-0.2, -0.15) is 0 Å². The summed E-state index contributed by atoms with van der Waals surface area (Å²) in [6.07, 6.45) is 7.52. The van der Waals surface area contributed by atoms with Gasteiger partial charge < -0.3 is 14.8 Å². The fraction of sp³-hybridized carbons (Fsp3) is 0.933. The summed E-state index contributed by atoms with van der Waals surface area (Å²) in [5.41, 5.74) is 0. The molecule has 4 aliphatic rings. The molecule has 4 heterocycles. The minimum Gasteiger partial charge on any atom is -0.633 e. The van der Waals surface area contributed by atoms with E-state index in [2.05, 4.69) is 4.90 Å². The van der Waals surface area contributed by atoms with Crippen LogP contribution < -0.4 is 0 Å². The minimum absolute atomic E-state index is 0.0772. The first kappa shape index (κ1) is 12.2. The largest absolute Gasteiger partial charge is 0.633 e. The average molecular weight is 264 g/mol. The Morgan fingerprint density at radius 1 is 1.16 bits per heavy atom. The van der Waals surface area contributed by atoms with E-state index in [-0.39, 0.29) is 4.65 Å². The normalized spacial score (nSPS) is 49.5. The molecule has 4 rings (SSSR count). The van der Waals surface area contributed by atoms with Crippen molar-refractivity contribution in [3.8, 4) is 0 Å². The fourth-order valence-electron chi connectivity index (χ4n) is 5.40. The highest BCUT2D eigenvalue weighted by atomic mass is 16.5. The number of nitrogens with zero attached hydrogens (tertiary/aromatic N) is 2. The summed E-state index contributed by atoms with van der Waals surface area (Å²) >= 11 is 0. The Bertz CT molecular complexity index is 400. The third-order valence-electron chi connectivity index (χ3n) is 6.17. The highest BCUT2D eigenvalue weighted by Crippen LogP contribution is 2.46. The molecule has 0 spiro atoms. The number of amides is 1. The summed E-state index contributed by atoms with van der Waals surface area (Å²) in [5, 5.41) is 13.1. The van der Waals surface area contributed by atoms with Gasteiger partial charge in [0.15, 0.2) is 0 Å². The SMILES string of the molecule is O=C1CCC[C@H]2[C@H]3C[C@H](CN12)[C@H]1CCCC[N@+]1([O-])C3. The van der Waals surface area contributed by atoms with Gasteiger partial charge in [-0.25, -0.2) is 0 Å². The number of piperidine rings is 4. The molecular weight excluding hydrogens is 240 g/mol. The number of rotatable bonds is 0. The van der Waals surface area contributed by atoms with Crippen LogP contribution in [0.1, 0.15) is 44.9 Å². The van der Waals surface area contributed by atoms with Crippen LogP contribution in [0.3, 0.4) is 0 Å². The van der Waals surface area contributed by atoms with E-state index in [1.807, 2.05) is 0 Å². The lowest BCUT2D eigenvalue weighted by molar-refractivity contribution is -0.925. The topological polar surface area (TPSA) is 43.4 Å². The quantitative estimate of drug-likeness (QED) is 0.495. The van der Waals surface area contributed by atoms with E-state index in [4.69, 9.17) is 0 Å². The van der Waals surface area contributed by atoms with Gasteiger partial charge in [-0.15, -0.1) is 0 Å². The van der Waals surface area contributed by atoms with Crippen molar-refractivity contribution >= 4 is 5.91 Å². The van der Waals surface area contributed by atoms with Crippen LogP contribution in [0.25, 0.3) is 0 Å². The summed E-state index contributed by atoms with van der Waals surface area (Å²) in [4.78, 5) is 14.3. The van der Waals surface area contributed by atoms with E-state index in [9.17, 15) is 10.0 Å². The smallest absolute Gasteiger partial charge is 0.222 e. The number of hydroxylamine groups is 3. The van der Waals surface area contributed by atoms with Crippen molar-refractivity contribution in [1.29, 1.82) is 0 Å². The maximum atomic E-state index is 13.1. The fourth-order valence-corrected chi connectivity index (χ4v) is 5.40. The number of hydrogen-bond acceptors (Lipinski definition) is 2. The first-order chi connectivity index (χ1) is 9.17. The van der Waals surface area contributed by atoms with E-state index in [1.165, 1.54) is 12.8 Å². The van der Waals surface area contributed by atoms with Gasteiger partial charge in [0.25, 0.3) is 0 Å². The Morgan fingerprint density at radius 3 is 2.95 bits per heavy atom. The number of fused-ring (bicyclic) bond motifs is 6. The molecule has 1 amide bonds. The number of carbonyl (C=O) groups excluding carboxylic acids is 1. The Morgan fingerprint density at radius 2 is 2.05 bits per heavy atom. The predicted octanol–water partition coefficient (Wildman–Crippen LogP) is 1.88. The zero-order valence-corrected chi connectivity index (χ0v) is 11.6. The summed E-state index contributed by atoms with van der Waals surface area (Å²) < 4.78 is 0.0772. The van der Waals surface area contributed by atoms with Gasteiger partial charge in [-0.1, -0.05) is 0 Å². The zero-order chi connectivity index (χ0) is 13.0. The van der Waals surface area contributed by atoms with Crippen LogP contribution >= 0.6 is 0 Å².